The van der Waals surface area contributed by atoms with Crippen molar-refractivity contribution in [1.82, 2.24) is 4.98 Å². The van der Waals surface area contributed by atoms with E-state index in [2.05, 4.69) is 26.2 Å². The zero-order valence-corrected chi connectivity index (χ0v) is 13.3. The van der Waals surface area contributed by atoms with Crippen LogP contribution in [0, 0.1) is 23.0 Å². The molecule has 1 N–H and O–H groups in total. The lowest BCUT2D eigenvalue weighted by atomic mass is 10.0. The van der Waals surface area contributed by atoms with Crippen molar-refractivity contribution in [1.29, 1.82) is 0 Å². The van der Waals surface area contributed by atoms with E-state index in [1.54, 1.807) is 6.92 Å². The number of aromatic nitrogens is 1. The first-order valence-electron chi connectivity index (χ1n) is 7.13. The van der Waals surface area contributed by atoms with E-state index in [-0.39, 0.29) is 5.69 Å². The minimum absolute atomic E-state index is 0.0494. The molecule has 0 atom stereocenters. The molecule has 1 aromatic heterocycles. The molecule has 1 aliphatic rings. The fraction of sp³-hybridized carbons (Fsp3) is 0.643. The summed E-state index contributed by atoms with van der Waals surface area (Å²) in [5, 5.41) is 14.1. The molecule has 0 spiro atoms. The largest absolute Gasteiger partial charge is 0.369 e. The number of hydrogen-bond donors (Lipinski definition) is 1. The van der Waals surface area contributed by atoms with Gasteiger partial charge in [0.1, 0.15) is 12.0 Å². The van der Waals surface area contributed by atoms with Crippen molar-refractivity contribution in [3.05, 3.63) is 26.3 Å². The molecule has 0 saturated heterocycles. The van der Waals surface area contributed by atoms with Gasteiger partial charge in [-0.25, -0.2) is 4.98 Å². The molecule has 2 rings (SSSR count). The zero-order chi connectivity index (χ0) is 14.5. The summed E-state index contributed by atoms with van der Waals surface area (Å²) < 4.78 is 0.688. The Kier molecular flexibility index (Phi) is 5.34. The van der Waals surface area contributed by atoms with Crippen LogP contribution in [0.15, 0.2) is 10.7 Å². The molecule has 1 aromatic rings. The number of pyridine rings is 1. The van der Waals surface area contributed by atoms with Crippen LogP contribution in [0.4, 0.5) is 11.5 Å². The summed E-state index contributed by atoms with van der Waals surface area (Å²) in [6.07, 6.45) is 9.21. The van der Waals surface area contributed by atoms with Crippen LogP contribution in [-0.2, 0) is 0 Å². The summed E-state index contributed by atoms with van der Waals surface area (Å²) >= 11 is 3.39. The standard InChI is InChI=1S/C14H20BrN3O2/c1-10-12(18(19)20)9-17-14(13(10)15)16-8-4-7-11-5-2-3-6-11/h9,11H,2-8H2,1H3,(H,16,17). The van der Waals surface area contributed by atoms with Crippen molar-refractivity contribution < 1.29 is 4.92 Å². The van der Waals surface area contributed by atoms with Crippen LogP contribution in [0.5, 0.6) is 0 Å². The van der Waals surface area contributed by atoms with Gasteiger partial charge in [0.05, 0.1) is 9.40 Å². The molecule has 0 radical (unpaired) electrons. The highest BCUT2D eigenvalue weighted by atomic mass is 79.9. The molecule has 0 amide bonds. The van der Waals surface area contributed by atoms with Crippen molar-refractivity contribution in [2.24, 2.45) is 5.92 Å². The first-order valence-corrected chi connectivity index (χ1v) is 7.92. The predicted octanol–water partition coefficient (Wildman–Crippen LogP) is 4.44. The van der Waals surface area contributed by atoms with E-state index >= 15 is 0 Å². The molecule has 5 nitrogen and oxygen atoms in total. The average Bonchev–Trinajstić information content (AvgIpc) is 2.92. The SMILES string of the molecule is Cc1c([N+](=O)[O-])cnc(NCCCC2CCCC2)c1Br. The van der Waals surface area contributed by atoms with E-state index in [9.17, 15) is 10.1 Å². The Bertz CT molecular complexity index is 488. The Balaban J connectivity index is 1.86. The van der Waals surface area contributed by atoms with Crippen molar-refractivity contribution >= 4 is 27.4 Å². The number of hydrogen-bond acceptors (Lipinski definition) is 4. The highest BCUT2D eigenvalue weighted by molar-refractivity contribution is 9.10. The molecule has 20 heavy (non-hydrogen) atoms. The summed E-state index contributed by atoms with van der Waals surface area (Å²) in [5.74, 6) is 1.59. The molecular formula is C14H20BrN3O2. The van der Waals surface area contributed by atoms with Gasteiger partial charge in [0.25, 0.3) is 5.69 Å². The number of nitro groups is 1. The molecule has 0 aromatic carbocycles. The molecule has 110 valence electrons. The van der Waals surface area contributed by atoms with Gasteiger partial charge in [0, 0.05) is 12.1 Å². The Morgan fingerprint density at radius 3 is 2.85 bits per heavy atom. The number of halogens is 1. The maximum atomic E-state index is 10.8. The van der Waals surface area contributed by atoms with Crippen LogP contribution in [0.3, 0.4) is 0 Å². The van der Waals surface area contributed by atoms with Crippen molar-refractivity contribution in [2.45, 2.75) is 45.4 Å². The van der Waals surface area contributed by atoms with Gasteiger partial charge in [-0.3, -0.25) is 10.1 Å². The smallest absolute Gasteiger partial charge is 0.291 e. The fourth-order valence-corrected chi connectivity index (χ4v) is 3.22. The Morgan fingerprint density at radius 2 is 2.20 bits per heavy atom. The van der Waals surface area contributed by atoms with Crippen LogP contribution in [0.1, 0.15) is 44.1 Å². The second kappa shape index (κ2) is 7.02. The summed E-state index contributed by atoms with van der Waals surface area (Å²) in [7, 11) is 0. The van der Waals surface area contributed by atoms with E-state index in [0.29, 0.717) is 15.9 Å². The van der Waals surface area contributed by atoms with Crippen LogP contribution >= 0.6 is 15.9 Å². The number of nitrogens with zero attached hydrogens (tertiary/aromatic N) is 2. The van der Waals surface area contributed by atoms with E-state index in [4.69, 9.17) is 0 Å². The van der Waals surface area contributed by atoms with Gasteiger partial charge in [-0.05, 0) is 41.6 Å². The lowest BCUT2D eigenvalue weighted by Crippen LogP contribution is -2.07. The summed E-state index contributed by atoms with van der Waals surface area (Å²) in [5.41, 5.74) is 0.664. The first-order chi connectivity index (χ1) is 9.59. The van der Waals surface area contributed by atoms with Gasteiger partial charge in [0.15, 0.2) is 0 Å². The fourth-order valence-electron chi connectivity index (χ4n) is 2.77. The Morgan fingerprint density at radius 1 is 1.50 bits per heavy atom. The molecule has 6 heteroatoms. The van der Waals surface area contributed by atoms with Gasteiger partial charge in [-0.15, -0.1) is 0 Å². The van der Waals surface area contributed by atoms with Gasteiger partial charge >= 0.3 is 0 Å². The number of nitrogens with one attached hydrogen (secondary N) is 1. The summed E-state index contributed by atoms with van der Waals surface area (Å²) in [4.78, 5) is 14.5. The van der Waals surface area contributed by atoms with Crippen molar-refractivity contribution in [2.75, 3.05) is 11.9 Å². The molecule has 0 aliphatic heterocycles. The number of rotatable bonds is 6. The second-order valence-corrected chi connectivity index (χ2v) is 6.20. The molecule has 1 fully saturated rings. The van der Waals surface area contributed by atoms with Gasteiger partial charge < -0.3 is 5.32 Å². The van der Waals surface area contributed by atoms with Crippen LogP contribution < -0.4 is 5.32 Å². The van der Waals surface area contributed by atoms with Gasteiger partial charge in [-0.2, -0.15) is 0 Å². The monoisotopic (exact) mass is 341 g/mol. The van der Waals surface area contributed by atoms with E-state index < -0.39 is 4.92 Å². The lowest BCUT2D eigenvalue weighted by molar-refractivity contribution is -0.385. The molecular weight excluding hydrogens is 322 g/mol. The Hall–Kier alpha value is -1.17. The highest BCUT2D eigenvalue weighted by Crippen LogP contribution is 2.31. The van der Waals surface area contributed by atoms with Gasteiger partial charge in [0.2, 0.25) is 0 Å². The normalized spacial score (nSPS) is 15.5. The maximum absolute atomic E-state index is 10.8. The van der Waals surface area contributed by atoms with E-state index in [1.807, 2.05) is 0 Å². The minimum atomic E-state index is -0.406. The third-order valence-corrected chi connectivity index (χ3v) is 4.96. The summed E-state index contributed by atoms with van der Waals surface area (Å²) in [6.45, 7) is 2.59. The Labute approximate surface area is 127 Å². The lowest BCUT2D eigenvalue weighted by Gasteiger charge is -2.11. The van der Waals surface area contributed by atoms with Gasteiger partial charge in [-0.1, -0.05) is 25.7 Å². The third-order valence-electron chi connectivity index (χ3n) is 3.99. The maximum Gasteiger partial charge on any atom is 0.291 e. The van der Waals surface area contributed by atoms with E-state index in [0.717, 1.165) is 18.9 Å². The molecule has 0 unspecified atom stereocenters. The predicted molar refractivity (Wildman–Crippen MR) is 83.0 cm³/mol. The van der Waals surface area contributed by atoms with Crippen LogP contribution in [0.25, 0.3) is 0 Å². The summed E-state index contributed by atoms with van der Waals surface area (Å²) in [6, 6.07) is 0. The van der Waals surface area contributed by atoms with E-state index in [1.165, 1.54) is 38.3 Å². The second-order valence-electron chi connectivity index (χ2n) is 5.41. The molecule has 1 saturated carbocycles. The molecule has 1 aliphatic carbocycles. The first kappa shape index (κ1) is 15.2. The van der Waals surface area contributed by atoms with Crippen LogP contribution in [-0.4, -0.2) is 16.5 Å². The number of anilines is 1. The average molecular weight is 342 g/mol. The van der Waals surface area contributed by atoms with Crippen molar-refractivity contribution in [3.8, 4) is 0 Å². The zero-order valence-electron chi connectivity index (χ0n) is 11.7. The highest BCUT2D eigenvalue weighted by Gasteiger charge is 2.17. The topological polar surface area (TPSA) is 68.1 Å². The quantitative estimate of drug-likeness (QED) is 0.471. The third kappa shape index (κ3) is 3.69. The van der Waals surface area contributed by atoms with Crippen molar-refractivity contribution in [3.63, 3.8) is 0 Å². The minimum Gasteiger partial charge on any atom is -0.369 e. The van der Waals surface area contributed by atoms with Crippen LogP contribution in [0.2, 0.25) is 0 Å². The molecule has 0 bridgehead atoms. The molecule has 1 heterocycles.